The molecule has 0 spiro atoms. The molecule has 0 aromatic heterocycles. The topological polar surface area (TPSA) is 75.3 Å². The van der Waals surface area contributed by atoms with Gasteiger partial charge in [-0.1, -0.05) is 32.0 Å². The van der Waals surface area contributed by atoms with Crippen molar-refractivity contribution in [3.05, 3.63) is 53.3 Å². The number of aromatic carboxylic acids is 1. The molecule has 2 aromatic rings. The van der Waals surface area contributed by atoms with Gasteiger partial charge in [-0.25, -0.2) is 9.18 Å². The molecule has 110 valence electrons. The van der Waals surface area contributed by atoms with E-state index in [9.17, 15) is 14.3 Å². The Balaban J connectivity index is 2.50. The number of hydrogen-bond acceptors (Lipinski definition) is 3. The van der Waals surface area contributed by atoms with E-state index >= 15 is 0 Å². The molecule has 0 fully saturated rings. The molecule has 0 atom stereocenters. The van der Waals surface area contributed by atoms with E-state index in [0.717, 1.165) is 17.3 Å². The second-order valence-corrected chi connectivity index (χ2v) is 5.06. The summed E-state index contributed by atoms with van der Waals surface area (Å²) in [5.74, 6) is -1.74. The summed E-state index contributed by atoms with van der Waals surface area (Å²) in [7, 11) is 0. The molecule has 0 heterocycles. The highest BCUT2D eigenvalue weighted by Crippen LogP contribution is 2.31. The maximum absolute atomic E-state index is 13.4. The van der Waals surface area contributed by atoms with Crippen LogP contribution in [0.5, 0.6) is 0 Å². The van der Waals surface area contributed by atoms with Crippen LogP contribution in [0.1, 0.15) is 35.7 Å². The molecule has 0 saturated heterocycles. The van der Waals surface area contributed by atoms with E-state index in [1.165, 1.54) is 6.07 Å². The van der Waals surface area contributed by atoms with Gasteiger partial charge >= 0.3 is 5.97 Å². The van der Waals surface area contributed by atoms with Crippen molar-refractivity contribution in [2.24, 2.45) is 0 Å². The number of carboxylic acids is 1. The first-order valence-corrected chi connectivity index (χ1v) is 6.59. The van der Waals surface area contributed by atoms with Crippen LogP contribution in [0.25, 0.3) is 0 Å². The van der Waals surface area contributed by atoms with E-state index in [2.05, 4.69) is 5.32 Å². The molecular formula is C16H17FN2O2. The van der Waals surface area contributed by atoms with Crippen LogP contribution in [0.4, 0.5) is 21.5 Å². The smallest absolute Gasteiger partial charge is 0.340 e. The maximum atomic E-state index is 13.4. The third-order valence-corrected chi connectivity index (χ3v) is 3.26. The number of hydrogen-bond donors (Lipinski definition) is 3. The summed E-state index contributed by atoms with van der Waals surface area (Å²) >= 11 is 0. The van der Waals surface area contributed by atoms with E-state index < -0.39 is 11.8 Å². The minimum atomic E-state index is -1.27. The fourth-order valence-corrected chi connectivity index (χ4v) is 2.19. The van der Waals surface area contributed by atoms with Gasteiger partial charge in [0.25, 0.3) is 0 Å². The van der Waals surface area contributed by atoms with Gasteiger partial charge in [0.15, 0.2) is 0 Å². The van der Waals surface area contributed by atoms with E-state index in [1.807, 2.05) is 38.1 Å². The van der Waals surface area contributed by atoms with Crippen molar-refractivity contribution in [3.8, 4) is 0 Å². The molecule has 0 amide bonds. The zero-order valence-corrected chi connectivity index (χ0v) is 11.9. The summed E-state index contributed by atoms with van der Waals surface area (Å²) in [5.41, 5.74) is 7.01. The average molecular weight is 288 g/mol. The number of carbonyl (C=O) groups is 1. The lowest BCUT2D eigenvalue weighted by Crippen LogP contribution is -2.09. The summed E-state index contributed by atoms with van der Waals surface area (Å²) in [6.07, 6.45) is 0. The Kier molecular flexibility index (Phi) is 4.12. The van der Waals surface area contributed by atoms with Gasteiger partial charge in [0, 0.05) is 5.69 Å². The third-order valence-electron chi connectivity index (χ3n) is 3.26. The third kappa shape index (κ3) is 2.97. The van der Waals surface area contributed by atoms with Crippen LogP contribution in [-0.2, 0) is 0 Å². The molecular weight excluding hydrogens is 271 g/mol. The first-order valence-electron chi connectivity index (χ1n) is 6.59. The van der Waals surface area contributed by atoms with Crippen molar-refractivity contribution < 1.29 is 14.3 Å². The molecule has 0 aliphatic rings. The zero-order valence-electron chi connectivity index (χ0n) is 11.9. The molecule has 0 radical (unpaired) electrons. The van der Waals surface area contributed by atoms with Gasteiger partial charge in [-0.15, -0.1) is 0 Å². The number of benzene rings is 2. The Morgan fingerprint density at radius 1 is 1.19 bits per heavy atom. The molecule has 2 aromatic carbocycles. The number of carboxylic acid groups (broad SMARTS) is 1. The van der Waals surface area contributed by atoms with E-state index in [0.29, 0.717) is 0 Å². The van der Waals surface area contributed by atoms with Crippen LogP contribution >= 0.6 is 0 Å². The number of para-hydroxylation sites is 1. The molecule has 0 bridgehead atoms. The fraction of sp³-hybridized carbons (Fsp3) is 0.188. The van der Waals surface area contributed by atoms with Gasteiger partial charge in [0.05, 0.1) is 11.4 Å². The van der Waals surface area contributed by atoms with E-state index in [-0.39, 0.29) is 22.9 Å². The van der Waals surface area contributed by atoms with Crippen LogP contribution in [0.2, 0.25) is 0 Å². The first kappa shape index (κ1) is 14.8. The van der Waals surface area contributed by atoms with Crippen LogP contribution in [0, 0.1) is 5.82 Å². The lowest BCUT2D eigenvalue weighted by Gasteiger charge is -2.17. The quantitative estimate of drug-likeness (QED) is 0.744. The SMILES string of the molecule is CC(C)c1ccccc1Nc1ccc(F)c(N)c1C(=O)O. The van der Waals surface area contributed by atoms with Crippen molar-refractivity contribution in [2.45, 2.75) is 19.8 Å². The summed E-state index contributed by atoms with van der Waals surface area (Å²) in [5, 5.41) is 12.3. The van der Waals surface area contributed by atoms with Gasteiger partial charge in [-0.3, -0.25) is 0 Å². The normalized spacial score (nSPS) is 10.7. The van der Waals surface area contributed by atoms with Gasteiger partial charge < -0.3 is 16.2 Å². The van der Waals surface area contributed by atoms with Gasteiger partial charge in [-0.2, -0.15) is 0 Å². The highest BCUT2D eigenvalue weighted by atomic mass is 19.1. The number of nitrogens with one attached hydrogen (secondary N) is 1. The Morgan fingerprint density at radius 2 is 1.86 bits per heavy atom. The van der Waals surface area contributed by atoms with Crippen LogP contribution in [0.3, 0.4) is 0 Å². The minimum Gasteiger partial charge on any atom is -0.478 e. The molecule has 0 aliphatic heterocycles. The summed E-state index contributed by atoms with van der Waals surface area (Å²) in [4.78, 5) is 11.3. The van der Waals surface area contributed by atoms with Crippen molar-refractivity contribution in [3.63, 3.8) is 0 Å². The van der Waals surface area contributed by atoms with Crippen LogP contribution < -0.4 is 11.1 Å². The average Bonchev–Trinajstić information content (AvgIpc) is 2.43. The molecule has 4 nitrogen and oxygen atoms in total. The second-order valence-electron chi connectivity index (χ2n) is 5.06. The summed E-state index contributed by atoms with van der Waals surface area (Å²) in [6, 6.07) is 10.1. The fourth-order valence-electron chi connectivity index (χ4n) is 2.19. The van der Waals surface area contributed by atoms with Crippen LogP contribution in [-0.4, -0.2) is 11.1 Å². The number of nitrogen functional groups attached to an aromatic ring is 1. The molecule has 0 saturated carbocycles. The minimum absolute atomic E-state index is 0.256. The number of nitrogens with two attached hydrogens (primary N) is 1. The molecule has 21 heavy (non-hydrogen) atoms. The highest BCUT2D eigenvalue weighted by Gasteiger charge is 2.18. The van der Waals surface area contributed by atoms with Crippen molar-refractivity contribution in [1.82, 2.24) is 0 Å². The van der Waals surface area contributed by atoms with Gasteiger partial charge in [0.2, 0.25) is 0 Å². The number of anilines is 3. The Labute approximate surface area is 122 Å². The highest BCUT2D eigenvalue weighted by molar-refractivity contribution is 6.00. The standard InChI is InChI=1S/C16H17FN2O2/c1-9(2)10-5-3-4-6-12(10)19-13-8-7-11(17)15(18)14(13)16(20)21/h3-9,19H,18H2,1-2H3,(H,20,21). The monoisotopic (exact) mass is 288 g/mol. The lowest BCUT2D eigenvalue weighted by molar-refractivity contribution is 0.0698. The number of halogens is 1. The molecule has 4 N–H and O–H groups in total. The summed E-state index contributed by atoms with van der Waals surface area (Å²) < 4.78 is 13.4. The maximum Gasteiger partial charge on any atom is 0.340 e. The predicted octanol–water partition coefficient (Wildman–Crippen LogP) is 3.97. The molecule has 5 heteroatoms. The molecule has 0 aliphatic carbocycles. The van der Waals surface area contributed by atoms with E-state index in [1.54, 1.807) is 0 Å². The summed E-state index contributed by atoms with van der Waals surface area (Å²) in [6.45, 7) is 4.08. The zero-order chi connectivity index (χ0) is 15.6. The van der Waals surface area contributed by atoms with Crippen molar-refractivity contribution >= 4 is 23.0 Å². The predicted molar refractivity (Wildman–Crippen MR) is 81.6 cm³/mol. The Bertz CT molecular complexity index is 684. The number of rotatable bonds is 4. The van der Waals surface area contributed by atoms with Crippen LogP contribution in [0.15, 0.2) is 36.4 Å². The molecule has 2 rings (SSSR count). The Hall–Kier alpha value is -2.56. The van der Waals surface area contributed by atoms with Crippen molar-refractivity contribution in [1.29, 1.82) is 0 Å². The van der Waals surface area contributed by atoms with E-state index in [4.69, 9.17) is 5.73 Å². The van der Waals surface area contributed by atoms with Gasteiger partial charge in [-0.05, 0) is 29.7 Å². The largest absolute Gasteiger partial charge is 0.478 e. The molecule has 0 unspecified atom stereocenters. The Morgan fingerprint density at radius 3 is 2.48 bits per heavy atom. The first-order chi connectivity index (χ1) is 9.91. The second kappa shape index (κ2) is 5.83. The lowest BCUT2D eigenvalue weighted by atomic mass is 10.0. The van der Waals surface area contributed by atoms with Gasteiger partial charge in [0.1, 0.15) is 11.4 Å². The van der Waals surface area contributed by atoms with Crippen molar-refractivity contribution in [2.75, 3.05) is 11.1 Å².